The van der Waals surface area contributed by atoms with Gasteiger partial charge in [0.15, 0.2) is 0 Å². The van der Waals surface area contributed by atoms with E-state index in [1.807, 2.05) is 61.5 Å². The van der Waals surface area contributed by atoms with Crippen LogP contribution in [0, 0.1) is 0 Å². The SMILES string of the molecule is CCNC(=O)[C@@H](C)N(Cc1ccccc1)C(=O)CCCSc1ccc(Cl)cc1. The summed E-state index contributed by atoms with van der Waals surface area (Å²) in [4.78, 5) is 28.0. The molecule has 0 aliphatic carbocycles. The Morgan fingerprint density at radius 2 is 1.79 bits per heavy atom. The van der Waals surface area contributed by atoms with E-state index in [0.717, 1.165) is 27.7 Å². The van der Waals surface area contributed by atoms with Crippen LogP contribution in [0.3, 0.4) is 0 Å². The molecule has 2 aromatic rings. The molecule has 0 aliphatic rings. The van der Waals surface area contributed by atoms with Crippen LogP contribution in [0.15, 0.2) is 59.5 Å². The zero-order valence-corrected chi connectivity index (χ0v) is 17.9. The van der Waals surface area contributed by atoms with Gasteiger partial charge in [0.2, 0.25) is 11.8 Å². The average Bonchev–Trinajstić information content (AvgIpc) is 2.71. The predicted octanol–water partition coefficient (Wildman–Crippen LogP) is 4.77. The van der Waals surface area contributed by atoms with Crippen LogP contribution >= 0.6 is 23.4 Å². The fraction of sp³-hybridized carbons (Fsp3) is 0.364. The number of likely N-dealkylation sites (N-methyl/N-ethyl adjacent to an activating group) is 1. The number of hydrogen-bond acceptors (Lipinski definition) is 3. The van der Waals surface area contributed by atoms with Crippen LogP contribution in [0.4, 0.5) is 0 Å². The van der Waals surface area contributed by atoms with Gasteiger partial charge in [-0.3, -0.25) is 9.59 Å². The minimum absolute atomic E-state index is 0.000637. The summed E-state index contributed by atoms with van der Waals surface area (Å²) >= 11 is 7.60. The molecule has 4 nitrogen and oxygen atoms in total. The quantitative estimate of drug-likeness (QED) is 0.446. The third-order valence-electron chi connectivity index (χ3n) is 4.33. The van der Waals surface area contributed by atoms with Crippen molar-refractivity contribution in [3.05, 3.63) is 65.2 Å². The first kappa shape index (κ1) is 22.3. The third-order valence-corrected chi connectivity index (χ3v) is 5.68. The lowest BCUT2D eigenvalue weighted by Crippen LogP contribution is -2.47. The van der Waals surface area contributed by atoms with Crippen LogP contribution in [0.2, 0.25) is 5.02 Å². The number of rotatable bonds is 10. The van der Waals surface area contributed by atoms with Crippen molar-refractivity contribution in [2.24, 2.45) is 0 Å². The molecule has 0 heterocycles. The van der Waals surface area contributed by atoms with Gasteiger partial charge in [-0.2, -0.15) is 0 Å². The Kier molecular flexibility index (Phi) is 9.38. The van der Waals surface area contributed by atoms with Crippen molar-refractivity contribution in [2.45, 2.75) is 44.2 Å². The van der Waals surface area contributed by atoms with E-state index in [-0.39, 0.29) is 11.8 Å². The van der Waals surface area contributed by atoms with Gasteiger partial charge in [0.1, 0.15) is 6.04 Å². The number of halogens is 1. The minimum atomic E-state index is -0.503. The van der Waals surface area contributed by atoms with E-state index >= 15 is 0 Å². The normalized spacial score (nSPS) is 11.7. The number of carbonyl (C=O) groups excluding carboxylic acids is 2. The Hall–Kier alpha value is -1.98. The third kappa shape index (κ3) is 7.21. The number of nitrogens with zero attached hydrogens (tertiary/aromatic N) is 1. The molecule has 0 bridgehead atoms. The zero-order chi connectivity index (χ0) is 20.4. The standard InChI is InChI=1S/C22H27ClN2O2S/c1-3-24-22(27)17(2)25(16-18-8-5-4-6-9-18)21(26)10-7-15-28-20-13-11-19(23)12-14-20/h4-6,8-9,11-14,17H,3,7,10,15-16H2,1-2H3,(H,24,27)/t17-/m1/s1. The van der Waals surface area contributed by atoms with Gasteiger partial charge in [-0.25, -0.2) is 0 Å². The lowest BCUT2D eigenvalue weighted by atomic mass is 10.1. The molecule has 0 saturated heterocycles. The van der Waals surface area contributed by atoms with Gasteiger partial charge in [0.25, 0.3) is 0 Å². The van der Waals surface area contributed by atoms with Gasteiger partial charge in [-0.15, -0.1) is 11.8 Å². The van der Waals surface area contributed by atoms with Crippen LogP contribution in [0.1, 0.15) is 32.3 Å². The molecule has 150 valence electrons. The van der Waals surface area contributed by atoms with Crippen LogP contribution < -0.4 is 5.32 Å². The van der Waals surface area contributed by atoms with Gasteiger partial charge in [0.05, 0.1) is 0 Å². The van der Waals surface area contributed by atoms with Crippen molar-refractivity contribution in [3.8, 4) is 0 Å². The maximum atomic E-state index is 12.9. The van der Waals surface area contributed by atoms with E-state index in [9.17, 15) is 9.59 Å². The van der Waals surface area contributed by atoms with Crippen LogP contribution in [-0.4, -0.2) is 35.1 Å². The van der Waals surface area contributed by atoms with Crippen molar-refractivity contribution < 1.29 is 9.59 Å². The van der Waals surface area contributed by atoms with Gasteiger partial charge in [-0.1, -0.05) is 41.9 Å². The molecular weight excluding hydrogens is 392 g/mol. The topological polar surface area (TPSA) is 49.4 Å². The summed E-state index contributed by atoms with van der Waals surface area (Å²) in [6.07, 6.45) is 1.16. The first-order chi connectivity index (χ1) is 13.5. The molecular formula is C22H27ClN2O2S. The van der Waals surface area contributed by atoms with Crippen molar-refractivity contribution in [1.29, 1.82) is 0 Å². The molecule has 2 rings (SSSR count). The Morgan fingerprint density at radius 3 is 2.43 bits per heavy atom. The van der Waals surface area contributed by atoms with Crippen LogP contribution in [0.5, 0.6) is 0 Å². The summed E-state index contributed by atoms with van der Waals surface area (Å²) in [5.74, 6) is 0.712. The Bertz CT molecular complexity index is 753. The largest absolute Gasteiger partial charge is 0.355 e. The first-order valence-corrected chi connectivity index (χ1v) is 10.9. The predicted molar refractivity (Wildman–Crippen MR) is 117 cm³/mol. The maximum absolute atomic E-state index is 12.9. The highest BCUT2D eigenvalue weighted by Gasteiger charge is 2.25. The maximum Gasteiger partial charge on any atom is 0.242 e. The molecule has 1 atom stereocenters. The van der Waals surface area contributed by atoms with E-state index in [1.165, 1.54) is 0 Å². The summed E-state index contributed by atoms with van der Waals surface area (Å²) < 4.78 is 0. The Balaban J connectivity index is 1.93. The number of amides is 2. The van der Waals surface area contributed by atoms with Crippen molar-refractivity contribution >= 4 is 35.2 Å². The molecule has 0 saturated carbocycles. The smallest absolute Gasteiger partial charge is 0.242 e. The molecule has 2 aromatic carbocycles. The van der Waals surface area contributed by atoms with E-state index in [2.05, 4.69) is 5.32 Å². The van der Waals surface area contributed by atoms with E-state index < -0.39 is 6.04 Å². The molecule has 0 aliphatic heterocycles. The fourth-order valence-corrected chi connectivity index (χ4v) is 3.75. The molecule has 0 unspecified atom stereocenters. The highest BCUT2D eigenvalue weighted by molar-refractivity contribution is 7.99. The number of thioether (sulfide) groups is 1. The molecule has 0 aromatic heterocycles. The molecule has 0 spiro atoms. The average molecular weight is 419 g/mol. The molecule has 6 heteroatoms. The zero-order valence-electron chi connectivity index (χ0n) is 16.4. The molecule has 0 fully saturated rings. The van der Waals surface area contributed by atoms with Gasteiger partial charge in [0, 0.05) is 29.4 Å². The second-order valence-corrected chi connectivity index (χ2v) is 8.09. The van der Waals surface area contributed by atoms with E-state index in [4.69, 9.17) is 11.6 Å². The fourth-order valence-electron chi connectivity index (χ4n) is 2.77. The Labute approximate surface area is 176 Å². The highest BCUT2D eigenvalue weighted by atomic mass is 35.5. The summed E-state index contributed by atoms with van der Waals surface area (Å²) in [5.41, 5.74) is 1.02. The minimum Gasteiger partial charge on any atom is -0.355 e. The lowest BCUT2D eigenvalue weighted by molar-refractivity contribution is -0.140. The molecule has 0 radical (unpaired) electrons. The van der Waals surface area contributed by atoms with Gasteiger partial charge >= 0.3 is 0 Å². The van der Waals surface area contributed by atoms with E-state index in [1.54, 1.807) is 23.6 Å². The van der Waals surface area contributed by atoms with E-state index in [0.29, 0.717) is 19.5 Å². The lowest BCUT2D eigenvalue weighted by Gasteiger charge is -2.28. The first-order valence-electron chi connectivity index (χ1n) is 9.50. The van der Waals surface area contributed by atoms with Gasteiger partial charge < -0.3 is 10.2 Å². The second-order valence-electron chi connectivity index (χ2n) is 6.48. The summed E-state index contributed by atoms with van der Waals surface area (Å²) in [7, 11) is 0. The Morgan fingerprint density at radius 1 is 1.11 bits per heavy atom. The number of carbonyl (C=O) groups is 2. The van der Waals surface area contributed by atoms with Crippen LogP contribution in [-0.2, 0) is 16.1 Å². The monoisotopic (exact) mass is 418 g/mol. The number of nitrogens with one attached hydrogen (secondary N) is 1. The number of benzene rings is 2. The highest BCUT2D eigenvalue weighted by Crippen LogP contribution is 2.22. The summed E-state index contributed by atoms with van der Waals surface area (Å²) in [6, 6.07) is 17.0. The number of hydrogen-bond donors (Lipinski definition) is 1. The molecule has 1 N–H and O–H groups in total. The molecule has 2 amide bonds. The summed E-state index contributed by atoms with van der Waals surface area (Å²) in [5, 5.41) is 3.53. The second kappa shape index (κ2) is 11.8. The van der Waals surface area contributed by atoms with Crippen molar-refractivity contribution in [1.82, 2.24) is 10.2 Å². The molecule has 28 heavy (non-hydrogen) atoms. The van der Waals surface area contributed by atoms with Crippen molar-refractivity contribution in [3.63, 3.8) is 0 Å². The van der Waals surface area contributed by atoms with Crippen molar-refractivity contribution in [2.75, 3.05) is 12.3 Å². The summed E-state index contributed by atoms with van der Waals surface area (Å²) in [6.45, 7) is 4.65. The van der Waals surface area contributed by atoms with Gasteiger partial charge in [-0.05, 0) is 55.9 Å². The van der Waals surface area contributed by atoms with Crippen LogP contribution in [0.25, 0.3) is 0 Å².